The molecule has 0 radical (unpaired) electrons. The van der Waals surface area contributed by atoms with Crippen LogP contribution in [0.15, 0.2) is 59.5 Å². The summed E-state index contributed by atoms with van der Waals surface area (Å²) in [6, 6.07) is 16.3. The van der Waals surface area contributed by atoms with E-state index in [1.165, 1.54) is 28.6 Å². The van der Waals surface area contributed by atoms with Crippen LogP contribution < -0.4 is 0 Å². The van der Waals surface area contributed by atoms with Gasteiger partial charge < -0.3 is 4.74 Å². The van der Waals surface area contributed by atoms with Crippen LogP contribution in [0.2, 0.25) is 0 Å². The molecule has 0 N–H and O–H groups in total. The Morgan fingerprint density at radius 1 is 1.03 bits per heavy atom. The van der Waals surface area contributed by atoms with Gasteiger partial charge in [-0.3, -0.25) is 9.59 Å². The molecule has 1 aliphatic rings. The quantitative estimate of drug-likeness (QED) is 0.533. The SMILES string of the molecule is N#Cc1ccc(S(=O)(=O)N2CCC(C(=O)OCC(=O)c3ccccc3)CC2)cc1. The van der Waals surface area contributed by atoms with Crippen molar-refractivity contribution >= 4 is 21.8 Å². The smallest absolute Gasteiger partial charge is 0.309 e. The van der Waals surface area contributed by atoms with Crippen molar-refractivity contribution in [3.63, 3.8) is 0 Å². The standard InChI is InChI=1S/C21H20N2O5S/c22-14-16-6-8-19(9-7-16)29(26,27)23-12-10-18(11-13-23)21(25)28-15-20(24)17-4-2-1-3-5-17/h1-9,18H,10-13,15H2. The summed E-state index contributed by atoms with van der Waals surface area (Å²) in [5.41, 5.74) is 0.860. The lowest BCUT2D eigenvalue weighted by molar-refractivity contribution is -0.148. The number of benzene rings is 2. The van der Waals surface area contributed by atoms with Crippen LogP contribution in [0.1, 0.15) is 28.8 Å². The summed E-state index contributed by atoms with van der Waals surface area (Å²) < 4.78 is 31.9. The van der Waals surface area contributed by atoms with Crippen LogP contribution in [-0.2, 0) is 19.6 Å². The summed E-state index contributed by atoms with van der Waals surface area (Å²) >= 11 is 0. The summed E-state index contributed by atoms with van der Waals surface area (Å²) in [6.07, 6.45) is 0.655. The van der Waals surface area contributed by atoms with Gasteiger partial charge in [-0.15, -0.1) is 0 Å². The third-order valence-electron chi connectivity index (χ3n) is 4.85. The number of ether oxygens (including phenoxy) is 1. The van der Waals surface area contributed by atoms with Gasteiger partial charge in [0, 0.05) is 18.7 Å². The maximum absolute atomic E-state index is 12.7. The number of hydrogen-bond donors (Lipinski definition) is 0. The van der Waals surface area contributed by atoms with Crippen molar-refractivity contribution in [1.29, 1.82) is 5.26 Å². The molecule has 2 aromatic carbocycles. The highest BCUT2D eigenvalue weighted by atomic mass is 32.2. The summed E-state index contributed by atoms with van der Waals surface area (Å²) in [5.74, 6) is -1.20. The largest absolute Gasteiger partial charge is 0.457 e. The molecule has 0 spiro atoms. The zero-order valence-corrected chi connectivity index (χ0v) is 16.5. The summed E-state index contributed by atoms with van der Waals surface area (Å²) in [4.78, 5) is 24.4. The number of carbonyl (C=O) groups excluding carboxylic acids is 2. The fourth-order valence-electron chi connectivity index (χ4n) is 3.14. The minimum atomic E-state index is -3.68. The molecule has 8 heteroatoms. The minimum Gasteiger partial charge on any atom is -0.457 e. The van der Waals surface area contributed by atoms with Crippen molar-refractivity contribution < 1.29 is 22.7 Å². The van der Waals surface area contributed by atoms with Gasteiger partial charge in [0.15, 0.2) is 12.4 Å². The highest BCUT2D eigenvalue weighted by Gasteiger charge is 2.33. The van der Waals surface area contributed by atoms with Crippen LogP contribution in [-0.4, -0.2) is 44.2 Å². The first-order valence-electron chi connectivity index (χ1n) is 9.17. The molecule has 0 amide bonds. The molecular weight excluding hydrogens is 392 g/mol. The predicted molar refractivity (Wildman–Crippen MR) is 104 cm³/mol. The van der Waals surface area contributed by atoms with Crippen LogP contribution in [0.25, 0.3) is 0 Å². The Morgan fingerprint density at radius 2 is 1.66 bits per heavy atom. The molecule has 0 atom stereocenters. The summed E-state index contributed by atoms with van der Waals surface area (Å²) in [5, 5.41) is 8.83. The number of piperidine rings is 1. The van der Waals surface area contributed by atoms with Crippen molar-refractivity contribution in [2.24, 2.45) is 5.92 Å². The highest BCUT2D eigenvalue weighted by molar-refractivity contribution is 7.89. The summed E-state index contributed by atoms with van der Waals surface area (Å²) in [7, 11) is -3.68. The molecule has 0 aromatic heterocycles. The Kier molecular flexibility index (Phi) is 6.42. The number of nitriles is 1. The molecule has 1 aliphatic heterocycles. The normalized spacial score (nSPS) is 15.4. The minimum absolute atomic E-state index is 0.117. The molecule has 1 saturated heterocycles. The number of Topliss-reactive ketones (excluding diaryl/α,β-unsaturated/α-hetero) is 1. The average molecular weight is 412 g/mol. The second-order valence-corrected chi connectivity index (χ2v) is 8.65. The number of sulfonamides is 1. The zero-order chi connectivity index (χ0) is 20.9. The van der Waals surface area contributed by atoms with Crippen molar-refractivity contribution in [2.75, 3.05) is 19.7 Å². The van der Waals surface area contributed by atoms with E-state index in [-0.39, 0.29) is 30.4 Å². The second-order valence-electron chi connectivity index (χ2n) is 6.71. The first-order valence-corrected chi connectivity index (χ1v) is 10.6. The molecule has 1 heterocycles. The Bertz CT molecular complexity index is 1020. The maximum Gasteiger partial charge on any atom is 0.309 e. The lowest BCUT2D eigenvalue weighted by atomic mass is 9.98. The Hall–Kier alpha value is -3.02. The molecule has 0 saturated carbocycles. The van der Waals surface area contributed by atoms with Gasteiger partial charge in [0.2, 0.25) is 10.0 Å². The first-order chi connectivity index (χ1) is 13.9. The van der Waals surface area contributed by atoms with Crippen LogP contribution >= 0.6 is 0 Å². The van der Waals surface area contributed by atoms with E-state index in [4.69, 9.17) is 10.00 Å². The summed E-state index contributed by atoms with van der Waals surface area (Å²) in [6.45, 7) is 0.0517. The van der Waals surface area contributed by atoms with Crippen LogP contribution in [0, 0.1) is 17.2 Å². The number of carbonyl (C=O) groups is 2. The topological polar surface area (TPSA) is 105 Å². The highest BCUT2D eigenvalue weighted by Crippen LogP contribution is 2.25. The van der Waals surface area contributed by atoms with Crippen molar-refractivity contribution in [1.82, 2.24) is 4.31 Å². The number of ketones is 1. The number of hydrogen-bond acceptors (Lipinski definition) is 6. The zero-order valence-electron chi connectivity index (χ0n) is 15.7. The van der Waals surface area contributed by atoms with E-state index >= 15 is 0 Å². The van der Waals surface area contributed by atoms with Gasteiger partial charge >= 0.3 is 5.97 Å². The van der Waals surface area contributed by atoms with E-state index in [1.807, 2.05) is 6.07 Å². The fraction of sp³-hybridized carbons (Fsp3) is 0.286. The van der Waals surface area contributed by atoms with Crippen molar-refractivity contribution in [2.45, 2.75) is 17.7 Å². The molecular formula is C21H20N2O5S. The molecule has 2 aromatic rings. The lowest BCUT2D eigenvalue weighted by Gasteiger charge is -2.30. The van der Waals surface area contributed by atoms with Gasteiger partial charge in [-0.25, -0.2) is 8.42 Å². The van der Waals surface area contributed by atoms with E-state index in [0.29, 0.717) is 24.0 Å². The van der Waals surface area contributed by atoms with Crippen molar-refractivity contribution in [3.05, 3.63) is 65.7 Å². The average Bonchev–Trinajstić information content (AvgIpc) is 2.78. The molecule has 0 bridgehead atoms. The Labute approximate surface area is 169 Å². The molecule has 7 nitrogen and oxygen atoms in total. The van der Waals surface area contributed by atoms with Crippen LogP contribution in [0.4, 0.5) is 0 Å². The van der Waals surface area contributed by atoms with E-state index in [2.05, 4.69) is 0 Å². The third kappa shape index (κ3) is 4.88. The van der Waals surface area contributed by atoms with Gasteiger partial charge in [-0.05, 0) is 37.1 Å². The van der Waals surface area contributed by atoms with Gasteiger partial charge in [0.05, 0.1) is 22.4 Å². The first kappa shape index (κ1) is 20.7. The third-order valence-corrected chi connectivity index (χ3v) is 6.76. The van der Waals surface area contributed by atoms with E-state index in [0.717, 1.165) is 0 Å². The molecule has 0 aliphatic carbocycles. The molecule has 0 unspecified atom stereocenters. The Morgan fingerprint density at radius 3 is 2.24 bits per heavy atom. The van der Waals surface area contributed by atoms with Crippen molar-refractivity contribution in [3.8, 4) is 6.07 Å². The van der Waals surface area contributed by atoms with Gasteiger partial charge in [-0.2, -0.15) is 9.57 Å². The lowest BCUT2D eigenvalue weighted by Crippen LogP contribution is -2.40. The molecule has 1 fully saturated rings. The molecule has 3 rings (SSSR count). The number of nitrogens with zero attached hydrogens (tertiary/aromatic N) is 2. The Balaban J connectivity index is 1.53. The van der Waals surface area contributed by atoms with Crippen LogP contribution in [0.3, 0.4) is 0 Å². The van der Waals surface area contributed by atoms with Gasteiger partial charge in [0.1, 0.15) is 0 Å². The monoisotopic (exact) mass is 412 g/mol. The fourth-order valence-corrected chi connectivity index (χ4v) is 4.61. The van der Waals surface area contributed by atoms with E-state index in [1.54, 1.807) is 30.3 Å². The van der Waals surface area contributed by atoms with Gasteiger partial charge in [-0.1, -0.05) is 30.3 Å². The predicted octanol–water partition coefficient (Wildman–Crippen LogP) is 2.39. The van der Waals surface area contributed by atoms with E-state index < -0.39 is 21.9 Å². The second kappa shape index (κ2) is 8.99. The maximum atomic E-state index is 12.7. The van der Waals surface area contributed by atoms with E-state index in [9.17, 15) is 18.0 Å². The van der Waals surface area contributed by atoms with Crippen LogP contribution in [0.5, 0.6) is 0 Å². The van der Waals surface area contributed by atoms with Gasteiger partial charge in [0.25, 0.3) is 0 Å². The molecule has 150 valence electrons. The molecule has 29 heavy (non-hydrogen) atoms. The number of esters is 1. The number of rotatable bonds is 6.